The Morgan fingerprint density at radius 2 is 1.82 bits per heavy atom. The van der Waals surface area contributed by atoms with E-state index in [1.54, 1.807) is 6.92 Å². The molecule has 172 valence electrons. The van der Waals surface area contributed by atoms with Crippen LogP contribution >= 0.6 is 22.9 Å². The molecule has 0 N–H and O–H groups in total. The van der Waals surface area contributed by atoms with Crippen LogP contribution in [0.2, 0.25) is 5.02 Å². The van der Waals surface area contributed by atoms with Crippen molar-refractivity contribution in [3.8, 4) is 38.8 Å². The van der Waals surface area contributed by atoms with Gasteiger partial charge in [-0.3, -0.25) is 4.98 Å². The SMILES string of the molecule is Cc1nnc(-c2c(-c3c(F)cccc3Cl)noc2-c2cnn(-c3ccncc3)c2C(F)(F)F)s1. The molecule has 4 aromatic heterocycles. The molecular weight excluding hydrogens is 496 g/mol. The van der Waals surface area contributed by atoms with Crippen molar-refractivity contribution in [2.45, 2.75) is 13.1 Å². The monoisotopic (exact) mass is 506 g/mol. The van der Waals surface area contributed by atoms with E-state index < -0.39 is 23.3 Å². The highest BCUT2D eigenvalue weighted by Gasteiger charge is 2.41. The average molecular weight is 507 g/mol. The molecule has 13 heteroatoms. The predicted molar refractivity (Wildman–Crippen MR) is 116 cm³/mol. The maximum absolute atomic E-state index is 14.7. The van der Waals surface area contributed by atoms with Gasteiger partial charge in [-0.05, 0) is 31.2 Å². The summed E-state index contributed by atoms with van der Waals surface area (Å²) < 4.78 is 63.7. The molecule has 5 rings (SSSR count). The minimum absolute atomic E-state index is 0.00543. The van der Waals surface area contributed by atoms with E-state index in [-0.39, 0.29) is 38.3 Å². The number of nitrogens with zero attached hydrogens (tertiary/aromatic N) is 6. The molecule has 0 aliphatic rings. The van der Waals surface area contributed by atoms with Crippen molar-refractivity contribution in [3.05, 3.63) is 70.5 Å². The number of aryl methyl sites for hydroxylation is 1. The Morgan fingerprint density at radius 1 is 1.06 bits per heavy atom. The molecule has 0 bridgehead atoms. The van der Waals surface area contributed by atoms with Crippen LogP contribution in [-0.2, 0) is 6.18 Å². The standard InChI is InChI=1S/C21H11ClF4N6OS/c1-10-29-30-20(34-10)16-17(15-13(22)3-2-4-14(15)23)31-33-18(16)12-9-28-32(19(12)21(24,25)26)11-5-7-27-8-6-11/h2-9H,1H3. The van der Waals surface area contributed by atoms with E-state index in [1.165, 1.54) is 36.7 Å². The van der Waals surface area contributed by atoms with Gasteiger partial charge in [0, 0.05) is 12.4 Å². The zero-order valence-electron chi connectivity index (χ0n) is 17.0. The molecule has 34 heavy (non-hydrogen) atoms. The summed E-state index contributed by atoms with van der Waals surface area (Å²) >= 11 is 7.30. The topological polar surface area (TPSA) is 82.5 Å². The minimum atomic E-state index is -4.83. The molecule has 0 saturated carbocycles. The highest BCUT2D eigenvalue weighted by Crippen LogP contribution is 2.47. The first-order valence-electron chi connectivity index (χ1n) is 9.56. The van der Waals surface area contributed by atoms with Gasteiger partial charge in [0.2, 0.25) is 0 Å². The number of aromatic nitrogens is 6. The van der Waals surface area contributed by atoms with E-state index in [9.17, 15) is 17.6 Å². The molecule has 1 aromatic carbocycles. The number of hydrogen-bond acceptors (Lipinski definition) is 7. The molecule has 4 heterocycles. The summed E-state index contributed by atoms with van der Waals surface area (Å²) in [5, 5.41) is 16.5. The molecule has 0 aliphatic heterocycles. The van der Waals surface area contributed by atoms with Gasteiger partial charge < -0.3 is 4.52 Å². The van der Waals surface area contributed by atoms with Crippen LogP contribution in [0.1, 0.15) is 10.7 Å². The number of hydrogen-bond donors (Lipinski definition) is 0. The van der Waals surface area contributed by atoms with Crippen molar-refractivity contribution in [3.63, 3.8) is 0 Å². The third kappa shape index (κ3) is 3.74. The third-order valence-corrected chi connectivity index (χ3v) is 5.99. The van der Waals surface area contributed by atoms with Crippen molar-refractivity contribution in [2.75, 3.05) is 0 Å². The number of benzene rings is 1. The largest absolute Gasteiger partial charge is 0.434 e. The molecule has 0 atom stereocenters. The van der Waals surface area contributed by atoms with Crippen molar-refractivity contribution in [1.29, 1.82) is 0 Å². The fourth-order valence-electron chi connectivity index (χ4n) is 3.43. The fraction of sp³-hybridized carbons (Fsp3) is 0.0952. The molecule has 0 amide bonds. The van der Waals surface area contributed by atoms with Crippen LogP contribution in [-0.4, -0.2) is 30.1 Å². The van der Waals surface area contributed by atoms with Crippen LogP contribution in [0.25, 0.3) is 38.8 Å². The van der Waals surface area contributed by atoms with Gasteiger partial charge in [-0.1, -0.05) is 34.2 Å². The van der Waals surface area contributed by atoms with Gasteiger partial charge in [0.1, 0.15) is 16.5 Å². The first-order valence-corrected chi connectivity index (χ1v) is 10.8. The lowest BCUT2D eigenvalue weighted by Gasteiger charge is -2.12. The molecular formula is C21H11ClF4N6OS. The number of halogens is 5. The van der Waals surface area contributed by atoms with Crippen LogP contribution in [0.4, 0.5) is 17.6 Å². The lowest BCUT2D eigenvalue weighted by Crippen LogP contribution is -2.14. The quantitative estimate of drug-likeness (QED) is 0.269. The average Bonchev–Trinajstić information content (AvgIpc) is 3.51. The minimum Gasteiger partial charge on any atom is -0.355 e. The van der Waals surface area contributed by atoms with Crippen LogP contribution < -0.4 is 0 Å². The lowest BCUT2D eigenvalue weighted by atomic mass is 10.0. The second-order valence-electron chi connectivity index (χ2n) is 6.98. The Morgan fingerprint density at radius 3 is 2.47 bits per heavy atom. The Hall–Kier alpha value is -3.64. The molecule has 7 nitrogen and oxygen atoms in total. The van der Waals surface area contributed by atoms with E-state index in [1.807, 2.05) is 0 Å². The lowest BCUT2D eigenvalue weighted by molar-refractivity contribution is -0.142. The van der Waals surface area contributed by atoms with Gasteiger partial charge in [0.15, 0.2) is 16.5 Å². The van der Waals surface area contributed by atoms with Crippen molar-refractivity contribution in [2.24, 2.45) is 0 Å². The Kier molecular flexibility index (Phi) is 5.41. The Bertz CT molecular complexity index is 1470. The summed E-state index contributed by atoms with van der Waals surface area (Å²) in [5.74, 6) is -1.02. The molecule has 0 fully saturated rings. The molecule has 0 unspecified atom stereocenters. The van der Waals surface area contributed by atoms with E-state index in [4.69, 9.17) is 16.1 Å². The van der Waals surface area contributed by atoms with E-state index in [2.05, 4.69) is 25.4 Å². The second-order valence-corrected chi connectivity index (χ2v) is 8.57. The van der Waals surface area contributed by atoms with Crippen LogP contribution in [0.5, 0.6) is 0 Å². The zero-order valence-corrected chi connectivity index (χ0v) is 18.6. The summed E-state index contributed by atoms with van der Waals surface area (Å²) in [4.78, 5) is 3.82. The van der Waals surface area contributed by atoms with E-state index in [0.29, 0.717) is 5.01 Å². The molecule has 0 saturated heterocycles. The van der Waals surface area contributed by atoms with Gasteiger partial charge in [-0.15, -0.1) is 10.2 Å². The van der Waals surface area contributed by atoms with Gasteiger partial charge in [0.05, 0.1) is 33.6 Å². The molecule has 0 aliphatic carbocycles. The van der Waals surface area contributed by atoms with Gasteiger partial charge in [-0.25, -0.2) is 9.07 Å². The second kappa shape index (κ2) is 8.29. The molecule has 5 aromatic rings. The number of pyridine rings is 1. The summed E-state index contributed by atoms with van der Waals surface area (Å²) in [6.45, 7) is 1.67. The highest BCUT2D eigenvalue weighted by molar-refractivity contribution is 7.14. The smallest absolute Gasteiger partial charge is 0.355 e. The first kappa shape index (κ1) is 22.2. The van der Waals surface area contributed by atoms with Crippen molar-refractivity contribution >= 4 is 22.9 Å². The van der Waals surface area contributed by atoms with E-state index in [0.717, 1.165) is 28.3 Å². The molecule has 0 spiro atoms. The first-order chi connectivity index (χ1) is 16.3. The third-order valence-electron chi connectivity index (χ3n) is 4.82. The molecule has 0 radical (unpaired) electrons. The fourth-order valence-corrected chi connectivity index (χ4v) is 4.42. The maximum Gasteiger partial charge on any atom is 0.434 e. The summed E-state index contributed by atoms with van der Waals surface area (Å²) in [6.07, 6.45) is -1.13. The Balaban J connectivity index is 1.82. The van der Waals surface area contributed by atoms with E-state index >= 15 is 0 Å². The summed E-state index contributed by atoms with van der Waals surface area (Å²) in [7, 11) is 0. The number of alkyl halides is 3. The van der Waals surface area contributed by atoms with Crippen LogP contribution in [0.15, 0.2) is 53.4 Å². The summed E-state index contributed by atoms with van der Waals surface area (Å²) in [5.41, 5.74) is -1.57. The van der Waals surface area contributed by atoms with Crippen molar-refractivity contribution in [1.82, 2.24) is 30.1 Å². The van der Waals surface area contributed by atoms with Crippen LogP contribution in [0.3, 0.4) is 0 Å². The van der Waals surface area contributed by atoms with Gasteiger partial charge in [0.25, 0.3) is 0 Å². The van der Waals surface area contributed by atoms with Gasteiger partial charge in [-0.2, -0.15) is 18.3 Å². The van der Waals surface area contributed by atoms with Crippen molar-refractivity contribution < 1.29 is 22.1 Å². The van der Waals surface area contributed by atoms with Gasteiger partial charge >= 0.3 is 6.18 Å². The maximum atomic E-state index is 14.7. The Labute approximate surface area is 197 Å². The summed E-state index contributed by atoms with van der Waals surface area (Å²) in [6, 6.07) is 6.76. The normalized spacial score (nSPS) is 11.8. The van der Waals surface area contributed by atoms with Crippen LogP contribution in [0, 0.1) is 12.7 Å². The highest BCUT2D eigenvalue weighted by atomic mass is 35.5. The predicted octanol–water partition coefficient (Wildman–Crippen LogP) is 6.23. The zero-order chi connectivity index (χ0) is 24.0. The number of rotatable bonds is 4.